The first-order valence-corrected chi connectivity index (χ1v) is 6.35. The van der Waals surface area contributed by atoms with Crippen LogP contribution in [0.3, 0.4) is 0 Å². The lowest BCUT2D eigenvalue weighted by molar-refractivity contribution is -0.145. The van der Waals surface area contributed by atoms with E-state index in [2.05, 4.69) is 27.8 Å². The predicted molar refractivity (Wildman–Crippen MR) is 71.7 cm³/mol. The van der Waals surface area contributed by atoms with Gasteiger partial charge in [-0.15, -0.1) is 6.58 Å². The van der Waals surface area contributed by atoms with Crippen molar-refractivity contribution in [3.63, 3.8) is 0 Å². The molecule has 0 saturated carbocycles. The van der Waals surface area contributed by atoms with E-state index in [4.69, 9.17) is 4.74 Å². The van der Waals surface area contributed by atoms with Gasteiger partial charge in [0.2, 0.25) is 0 Å². The number of carbonyl (C=O) groups is 1. The van der Waals surface area contributed by atoms with Crippen molar-refractivity contribution in [3.8, 4) is 0 Å². The molecule has 1 unspecified atom stereocenters. The van der Waals surface area contributed by atoms with Gasteiger partial charge in [-0.25, -0.2) is 9.18 Å². The second-order valence-corrected chi connectivity index (χ2v) is 4.40. The molecule has 1 N–H and O–H groups in total. The molecule has 0 amide bonds. The van der Waals surface area contributed by atoms with Crippen LogP contribution in [-0.4, -0.2) is 19.1 Å². The molecule has 0 bridgehead atoms. The van der Waals surface area contributed by atoms with Gasteiger partial charge in [-0.05, 0) is 24.6 Å². The molecule has 5 heteroatoms. The average Bonchev–Trinajstić information content (AvgIpc) is 2.32. The number of hydrogen-bond donors (Lipinski definition) is 1. The van der Waals surface area contributed by atoms with Crippen molar-refractivity contribution in [2.75, 3.05) is 13.2 Å². The molecule has 0 aliphatic heterocycles. The fourth-order valence-electron chi connectivity index (χ4n) is 1.48. The van der Waals surface area contributed by atoms with E-state index in [0.717, 1.165) is 0 Å². The van der Waals surface area contributed by atoms with Crippen molar-refractivity contribution < 1.29 is 13.9 Å². The van der Waals surface area contributed by atoms with E-state index >= 15 is 0 Å². The molecule has 1 atom stereocenters. The normalized spacial score (nSPS) is 11.9. The maximum absolute atomic E-state index is 13.0. The van der Waals surface area contributed by atoms with E-state index in [0.29, 0.717) is 23.2 Å². The number of ether oxygens (including phenoxy) is 1. The molecule has 0 saturated heterocycles. The molecular weight excluding hydrogens is 301 g/mol. The van der Waals surface area contributed by atoms with E-state index in [1.807, 2.05) is 0 Å². The number of rotatable bonds is 6. The van der Waals surface area contributed by atoms with Crippen molar-refractivity contribution in [2.45, 2.75) is 13.0 Å². The molecule has 1 aromatic carbocycles. The minimum atomic E-state index is -0.641. The summed E-state index contributed by atoms with van der Waals surface area (Å²) in [7, 11) is 0. The molecular formula is C13H15BrFNO2. The lowest BCUT2D eigenvalue weighted by Crippen LogP contribution is -2.30. The van der Waals surface area contributed by atoms with Gasteiger partial charge in [0.25, 0.3) is 0 Å². The third-order valence-corrected chi connectivity index (χ3v) is 2.95. The van der Waals surface area contributed by atoms with E-state index < -0.39 is 12.0 Å². The summed E-state index contributed by atoms with van der Waals surface area (Å²) in [6.07, 6.45) is 1.64. The highest BCUT2D eigenvalue weighted by Gasteiger charge is 2.23. The van der Waals surface area contributed by atoms with Crippen molar-refractivity contribution in [3.05, 3.63) is 46.7 Å². The summed E-state index contributed by atoms with van der Waals surface area (Å²) >= 11 is 3.25. The van der Waals surface area contributed by atoms with Gasteiger partial charge in [-0.2, -0.15) is 0 Å². The molecule has 0 fully saturated rings. The van der Waals surface area contributed by atoms with Gasteiger partial charge in [0, 0.05) is 11.0 Å². The number of hydrogen-bond acceptors (Lipinski definition) is 3. The Kier molecular flexibility index (Phi) is 6.01. The van der Waals surface area contributed by atoms with Crippen molar-refractivity contribution >= 4 is 21.9 Å². The summed E-state index contributed by atoms with van der Waals surface area (Å²) in [5, 5.41) is 2.99. The maximum Gasteiger partial charge on any atom is 0.327 e. The second-order valence-electron chi connectivity index (χ2n) is 3.55. The third kappa shape index (κ3) is 3.92. The largest absolute Gasteiger partial charge is 0.465 e. The van der Waals surface area contributed by atoms with Gasteiger partial charge in [0.15, 0.2) is 0 Å². The molecule has 0 heterocycles. The van der Waals surface area contributed by atoms with Crippen LogP contribution in [-0.2, 0) is 9.53 Å². The smallest absolute Gasteiger partial charge is 0.327 e. The van der Waals surface area contributed by atoms with Crippen LogP contribution in [0.5, 0.6) is 0 Å². The second kappa shape index (κ2) is 7.28. The number of carbonyl (C=O) groups excluding carboxylic acids is 1. The summed E-state index contributed by atoms with van der Waals surface area (Å²) in [6.45, 7) is 6.07. The van der Waals surface area contributed by atoms with Crippen molar-refractivity contribution in [1.29, 1.82) is 0 Å². The summed E-state index contributed by atoms with van der Waals surface area (Å²) in [4.78, 5) is 11.9. The molecule has 0 aromatic heterocycles. The van der Waals surface area contributed by atoms with Crippen LogP contribution < -0.4 is 5.32 Å². The SMILES string of the molecule is C=CCNC(C(=O)OCC)c1ccc(F)cc1Br. The number of esters is 1. The Balaban J connectivity index is 3.00. The lowest BCUT2D eigenvalue weighted by Gasteiger charge is -2.18. The molecule has 0 aliphatic rings. The highest BCUT2D eigenvalue weighted by atomic mass is 79.9. The van der Waals surface area contributed by atoms with E-state index in [9.17, 15) is 9.18 Å². The van der Waals surface area contributed by atoms with Gasteiger partial charge < -0.3 is 4.74 Å². The first kappa shape index (κ1) is 14.9. The van der Waals surface area contributed by atoms with Crippen LogP contribution in [0.4, 0.5) is 4.39 Å². The van der Waals surface area contributed by atoms with Crippen molar-refractivity contribution in [1.82, 2.24) is 5.32 Å². The van der Waals surface area contributed by atoms with Crippen LogP contribution in [0.15, 0.2) is 35.3 Å². The predicted octanol–water partition coefficient (Wildman–Crippen LogP) is 2.97. The fourth-order valence-corrected chi connectivity index (χ4v) is 2.06. The number of halogens is 2. The Labute approximate surface area is 114 Å². The Morgan fingerprint density at radius 2 is 2.39 bits per heavy atom. The van der Waals surface area contributed by atoms with Crippen LogP contribution >= 0.6 is 15.9 Å². The molecule has 1 aromatic rings. The van der Waals surface area contributed by atoms with Gasteiger partial charge >= 0.3 is 5.97 Å². The molecule has 1 rings (SSSR count). The Hall–Kier alpha value is -1.20. The van der Waals surface area contributed by atoms with Gasteiger partial charge in [0.05, 0.1) is 6.61 Å². The first-order valence-electron chi connectivity index (χ1n) is 5.56. The molecule has 18 heavy (non-hydrogen) atoms. The van der Waals surface area contributed by atoms with Crippen molar-refractivity contribution in [2.24, 2.45) is 0 Å². The van der Waals surface area contributed by atoms with E-state index in [1.54, 1.807) is 19.1 Å². The summed E-state index contributed by atoms with van der Waals surface area (Å²) in [6, 6.07) is 3.54. The topological polar surface area (TPSA) is 38.3 Å². The Bertz CT molecular complexity index is 437. The van der Waals surface area contributed by atoms with E-state index in [1.165, 1.54) is 12.1 Å². The Morgan fingerprint density at radius 1 is 1.67 bits per heavy atom. The monoisotopic (exact) mass is 315 g/mol. The highest BCUT2D eigenvalue weighted by molar-refractivity contribution is 9.10. The molecule has 98 valence electrons. The average molecular weight is 316 g/mol. The minimum Gasteiger partial charge on any atom is -0.465 e. The minimum absolute atomic E-state index is 0.296. The third-order valence-electron chi connectivity index (χ3n) is 2.26. The lowest BCUT2D eigenvalue weighted by atomic mass is 10.1. The summed E-state index contributed by atoms with van der Waals surface area (Å²) in [5.74, 6) is -0.761. The zero-order valence-corrected chi connectivity index (χ0v) is 11.7. The summed E-state index contributed by atoms with van der Waals surface area (Å²) < 4.78 is 18.5. The standard InChI is InChI=1S/C13H15BrFNO2/c1-3-7-16-12(13(17)18-4-2)10-6-5-9(15)8-11(10)14/h3,5-6,8,12,16H,1,4,7H2,2H3. The van der Waals surface area contributed by atoms with Crippen LogP contribution in [0.2, 0.25) is 0 Å². The quantitative estimate of drug-likeness (QED) is 0.648. The van der Waals surface area contributed by atoms with Gasteiger partial charge in [-0.3, -0.25) is 5.32 Å². The van der Waals surface area contributed by atoms with E-state index in [-0.39, 0.29) is 5.82 Å². The fraction of sp³-hybridized carbons (Fsp3) is 0.308. The molecule has 0 aliphatic carbocycles. The molecule has 3 nitrogen and oxygen atoms in total. The highest BCUT2D eigenvalue weighted by Crippen LogP contribution is 2.25. The summed E-state index contributed by atoms with van der Waals surface area (Å²) in [5.41, 5.74) is 0.636. The molecule has 0 radical (unpaired) electrons. The zero-order chi connectivity index (χ0) is 13.5. The van der Waals surface area contributed by atoms with Gasteiger partial charge in [0.1, 0.15) is 11.9 Å². The van der Waals surface area contributed by atoms with Crippen LogP contribution in [0, 0.1) is 5.82 Å². The number of nitrogens with one attached hydrogen (secondary N) is 1. The zero-order valence-electron chi connectivity index (χ0n) is 10.1. The first-order chi connectivity index (χ1) is 8.60. The van der Waals surface area contributed by atoms with Gasteiger partial charge in [-0.1, -0.05) is 28.1 Å². The number of benzene rings is 1. The maximum atomic E-state index is 13.0. The van der Waals surface area contributed by atoms with Crippen LogP contribution in [0.25, 0.3) is 0 Å². The molecule has 0 spiro atoms. The Morgan fingerprint density at radius 3 is 2.94 bits per heavy atom. The van der Waals surface area contributed by atoms with Crippen LogP contribution in [0.1, 0.15) is 18.5 Å².